The Labute approximate surface area is 128 Å². The monoisotopic (exact) mass is 288 g/mol. The number of likely N-dealkylation sites (N-methyl/N-ethyl adjacent to an activating group) is 1. The first kappa shape index (κ1) is 15.8. The van der Waals surface area contributed by atoms with Crippen molar-refractivity contribution in [3.63, 3.8) is 0 Å². The Morgan fingerprint density at radius 3 is 2.48 bits per heavy atom. The molecule has 4 nitrogen and oxygen atoms in total. The molecular formula is C17H28N4. The van der Waals surface area contributed by atoms with Crippen LogP contribution < -0.4 is 10.6 Å². The number of rotatable bonds is 6. The molecule has 1 fully saturated rings. The lowest BCUT2D eigenvalue weighted by Crippen LogP contribution is -2.46. The second-order valence-corrected chi connectivity index (χ2v) is 6.10. The Morgan fingerprint density at radius 2 is 1.95 bits per heavy atom. The van der Waals surface area contributed by atoms with Gasteiger partial charge in [-0.05, 0) is 45.3 Å². The molecule has 4 heteroatoms. The predicted octanol–water partition coefficient (Wildman–Crippen LogP) is 2.25. The number of benzene rings is 1. The third-order valence-corrected chi connectivity index (χ3v) is 4.18. The van der Waals surface area contributed by atoms with Crippen LogP contribution in [0.5, 0.6) is 0 Å². The molecule has 1 aliphatic carbocycles. The van der Waals surface area contributed by atoms with E-state index < -0.39 is 0 Å². The minimum Gasteiger partial charge on any atom is -0.355 e. The average Bonchev–Trinajstić information content (AvgIpc) is 3.31. The van der Waals surface area contributed by atoms with Crippen molar-refractivity contribution in [3.8, 4) is 0 Å². The Bertz CT molecular complexity index is 449. The normalized spacial score (nSPS) is 18.4. The van der Waals surface area contributed by atoms with Gasteiger partial charge in [-0.3, -0.25) is 4.99 Å². The van der Waals surface area contributed by atoms with Crippen molar-refractivity contribution in [2.24, 2.45) is 10.9 Å². The summed E-state index contributed by atoms with van der Waals surface area (Å²) in [5.74, 6) is 1.72. The van der Waals surface area contributed by atoms with Crippen LogP contribution in [0.15, 0.2) is 35.3 Å². The van der Waals surface area contributed by atoms with Crippen LogP contribution in [0, 0.1) is 5.92 Å². The van der Waals surface area contributed by atoms with Gasteiger partial charge in [-0.15, -0.1) is 0 Å². The molecule has 2 rings (SSSR count). The number of nitrogens with zero attached hydrogens (tertiary/aromatic N) is 2. The second-order valence-electron chi connectivity index (χ2n) is 6.10. The number of hydrogen-bond donors (Lipinski definition) is 2. The van der Waals surface area contributed by atoms with E-state index in [1.165, 1.54) is 18.4 Å². The number of nitrogens with one attached hydrogen (secondary N) is 2. The van der Waals surface area contributed by atoms with E-state index in [1.54, 1.807) is 0 Å². The van der Waals surface area contributed by atoms with Crippen molar-refractivity contribution in [1.29, 1.82) is 0 Å². The number of aliphatic imine (C=N–C) groups is 1. The summed E-state index contributed by atoms with van der Waals surface area (Å²) in [6.07, 6.45) is 2.72. The van der Waals surface area contributed by atoms with Gasteiger partial charge in [-0.1, -0.05) is 30.3 Å². The third kappa shape index (κ3) is 4.74. The fourth-order valence-corrected chi connectivity index (χ4v) is 2.68. The Hall–Kier alpha value is -1.55. The van der Waals surface area contributed by atoms with Crippen LogP contribution >= 0.6 is 0 Å². The van der Waals surface area contributed by atoms with Crippen LogP contribution in [-0.2, 0) is 0 Å². The zero-order chi connectivity index (χ0) is 15.2. The van der Waals surface area contributed by atoms with Gasteiger partial charge in [-0.25, -0.2) is 0 Å². The molecule has 2 atom stereocenters. The summed E-state index contributed by atoms with van der Waals surface area (Å²) in [5, 5.41) is 6.93. The lowest BCUT2D eigenvalue weighted by molar-refractivity contribution is 0.264. The molecule has 1 aromatic carbocycles. The summed E-state index contributed by atoms with van der Waals surface area (Å²) in [7, 11) is 6.15. The van der Waals surface area contributed by atoms with Crippen LogP contribution in [0.3, 0.4) is 0 Å². The van der Waals surface area contributed by atoms with Gasteiger partial charge in [0.1, 0.15) is 0 Å². The van der Waals surface area contributed by atoms with E-state index in [4.69, 9.17) is 0 Å². The Balaban J connectivity index is 1.85. The van der Waals surface area contributed by atoms with E-state index in [9.17, 15) is 0 Å². The molecule has 2 N–H and O–H groups in total. The highest BCUT2D eigenvalue weighted by Gasteiger charge is 2.32. The van der Waals surface area contributed by atoms with Crippen molar-refractivity contribution in [2.45, 2.75) is 31.8 Å². The third-order valence-electron chi connectivity index (χ3n) is 4.18. The van der Waals surface area contributed by atoms with E-state index in [1.807, 2.05) is 13.1 Å². The molecule has 0 spiro atoms. The zero-order valence-electron chi connectivity index (χ0n) is 13.6. The van der Waals surface area contributed by atoms with Crippen LogP contribution in [0.1, 0.15) is 31.4 Å². The maximum Gasteiger partial charge on any atom is 0.191 e. The minimum absolute atomic E-state index is 0.246. The molecule has 0 radical (unpaired) electrons. The summed E-state index contributed by atoms with van der Waals surface area (Å²) in [5.41, 5.74) is 1.27. The summed E-state index contributed by atoms with van der Waals surface area (Å²) in [6, 6.07) is 11.3. The maximum absolute atomic E-state index is 4.34. The average molecular weight is 288 g/mol. The summed E-state index contributed by atoms with van der Waals surface area (Å²) in [4.78, 5) is 6.66. The van der Waals surface area contributed by atoms with Gasteiger partial charge in [0.25, 0.3) is 0 Å². The van der Waals surface area contributed by atoms with Crippen molar-refractivity contribution < 1.29 is 0 Å². The fourth-order valence-electron chi connectivity index (χ4n) is 2.68. The fraction of sp³-hybridized carbons (Fsp3) is 0.588. The van der Waals surface area contributed by atoms with Gasteiger partial charge in [0.05, 0.1) is 6.04 Å². The van der Waals surface area contributed by atoms with Crippen molar-refractivity contribution >= 4 is 5.96 Å². The molecule has 1 aromatic rings. The molecule has 0 bridgehead atoms. The number of guanidine groups is 1. The molecular weight excluding hydrogens is 260 g/mol. The zero-order valence-corrected chi connectivity index (χ0v) is 13.6. The van der Waals surface area contributed by atoms with Crippen LogP contribution in [0.25, 0.3) is 0 Å². The lowest BCUT2D eigenvalue weighted by Gasteiger charge is -2.26. The van der Waals surface area contributed by atoms with E-state index in [0.717, 1.165) is 18.4 Å². The SMILES string of the molecule is CN=C(NCC(C1CC1)N(C)C)NC(C)c1ccccc1. The van der Waals surface area contributed by atoms with Crippen molar-refractivity contribution in [2.75, 3.05) is 27.7 Å². The Morgan fingerprint density at radius 1 is 1.29 bits per heavy atom. The summed E-state index contributed by atoms with van der Waals surface area (Å²) >= 11 is 0. The first-order valence-electron chi connectivity index (χ1n) is 7.80. The highest BCUT2D eigenvalue weighted by atomic mass is 15.2. The van der Waals surface area contributed by atoms with Crippen LogP contribution in [0.2, 0.25) is 0 Å². The molecule has 2 unspecified atom stereocenters. The Kier molecular flexibility index (Phi) is 5.62. The van der Waals surface area contributed by atoms with Gasteiger partial charge in [0.15, 0.2) is 5.96 Å². The maximum atomic E-state index is 4.34. The second kappa shape index (κ2) is 7.46. The van der Waals surface area contributed by atoms with Crippen LogP contribution in [0.4, 0.5) is 0 Å². The molecule has 0 saturated heterocycles. The largest absolute Gasteiger partial charge is 0.355 e. The quantitative estimate of drug-likeness (QED) is 0.623. The standard InChI is InChI=1S/C17H28N4/c1-13(14-8-6-5-7-9-14)20-17(18-2)19-12-16(21(3)4)15-10-11-15/h5-9,13,15-16H,10-12H2,1-4H3,(H2,18,19,20). The van der Waals surface area contributed by atoms with Gasteiger partial charge >= 0.3 is 0 Å². The van der Waals surface area contributed by atoms with Gasteiger partial charge in [0.2, 0.25) is 0 Å². The van der Waals surface area contributed by atoms with Gasteiger partial charge in [-0.2, -0.15) is 0 Å². The predicted molar refractivity (Wildman–Crippen MR) is 89.6 cm³/mol. The lowest BCUT2D eigenvalue weighted by atomic mass is 10.1. The smallest absolute Gasteiger partial charge is 0.191 e. The first-order valence-corrected chi connectivity index (χ1v) is 7.80. The summed E-state index contributed by atoms with van der Waals surface area (Å²) < 4.78 is 0. The van der Waals surface area contributed by atoms with Gasteiger partial charge in [0, 0.05) is 19.6 Å². The molecule has 116 valence electrons. The summed E-state index contributed by atoms with van der Waals surface area (Å²) in [6.45, 7) is 3.10. The van der Waals surface area contributed by atoms with Crippen molar-refractivity contribution in [3.05, 3.63) is 35.9 Å². The molecule has 0 aromatic heterocycles. The molecule has 0 aliphatic heterocycles. The molecule has 0 heterocycles. The molecule has 0 amide bonds. The van der Waals surface area contributed by atoms with E-state index in [2.05, 4.69) is 65.8 Å². The number of hydrogen-bond acceptors (Lipinski definition) is 2. The van der Waals surface area contributed by atoms with E-state index in [-0.39, 0.29) is 6.04 Å². The molecule has 1 aliphatic rings. The topological polar surface area (TPSA) is 39.7 Å². The van der Waals surface area contributed by atoms with E-state index >= 15 is 0 Å². The highest BCUT2D eigenvalue weighted by Crippen LogP contribution is 2.34. The van der Waals surface area contributed by atoms with E-state index in [0.29, 0.717) is 6.04 Å². The highest BCUT2D eigenvalue weighted by molar-refractivity contribution is 5.80. The van der Waals surface area contributed by atoms with Crippen molar-refractivity contribution in [1.82, 2.24) is 15.5 Å². The first-order chi connectivity index (χ1) is 10.1. The minimum atomic E-state index is 0.246. The molecule has 1 saturated carbocycles. The van der Waals surface area contributed by atoms with Gasteiger partial charge < -0.3 is 15.5 Å². The molecule has 21 heavy (non-hydrogen) atoms. The van der Waals surface area contributed by atoms with Crippen LogP contribution in [-0.4, -0.2) is 44.6 Å².